The monoisotopic (exact) mass is 272 g/mol. The van der Waals surface area contributed by atoms with Gasteiger partial charge in [-0.3, -0.25) is 4.79 Å². The molecule has 0 spiro atoms. The van der Waals surface area contributed by atoms with Crippen LogP contribution in [0.2, 0.25) is 0 Å². The SMILES string of the molecule is O=C(CC(O)c1ccccc1)SCc1ccccc1. The van der Waals surface area contributed by atoms with Gasteiger partial charge in [0.05, 0.1) is 6.10 Å². The quantitative estimate of drug-likeness (QED) is 0.904. The summed E-state index contributed by atoms with van der Waals surface area (Å²) in [5.74, 6) is 0.654. The molecule has 2 aromatic carbocycles. The van der Waals surface area contributed by atoms with Gasteiger partial charge in [-0.05, 0) is 11.1 Å². The Labute approximate surface area is 117 Å². The van der Waals surface area contributed by atoms with E-state index in [-0.39, 0.29) is 11.5 Å². The Bertz CT molecular complexity index is 511. The molecule has 2 nitrogen and oxygen atoms in total. The summed E-state index contributed by atoms with van der Waals surface area (Å²) in [4.78, 5) is 11.8. The topological polar surface area (TPSA) is 37.3 Å². The fraction of sp³-hybridized carbons (Fsp3) is 0.188. The summed E-state index contributed by atoms with van der Waals surface area (Å²) in [6, 6.07) is 19.1. The number of carbonyl (C=O) groups excluding carboxylic acids is 1. The number of carbonyl (C=O) groups is 1. The third-order valence-corrected chi connectivity index (χ3v) is 3.75. The number of aliphatic hydroxyl groups excluding tert-OH is 1. The van der Waals surface area contributed by atoms with Gasteiger partial charge in [-0.25, -0.2) is 0 Å². The van der Waals surface area contributed by atoms with Crippen LogP contribution in [0, 0.1) is 0 Å². The first-order valence-electron chi connectivity index (χ1n) is 6.18. The van der Waals surface area contributed by atoms with Gasteiger partial charge in [0.15, 0.2) is 5.12 Å². The van der Waals surface area contributed by atoms with E-state index >= 15 is 0 Å². The summed E-state index contributed by atoms with van der Waals surface area (Å²) in [7, 11) is 0. The molecule has 0 aliphatic rings. The molecule has 1 atom stereocenters. The molecule has 2 aromatic rings. The molecular formula is C16H16O2S. The minimum absolute atomic E-state index is 0.0141. The van der Waals surface area contributed by atoms with Crippen molar-refractivity contribution in [2.45, 2.75) is 18.3 Å². The highest BCUT2D eigenvalue weighted by Crippen LogP contribution is 2.22. The van der Waals surface area contributed by atoms with Crippen molar-refractivity contribution in [3.63, 3.8) is 0 Å². The van der Waals surface area contributed by atoms with Crippen molar-refractivity contribution < 1.29 is 9.90 Å². The molecule has 0 radical (unpaired) electrons. The number of benzene rings is 2. The highest BCUT2D eigenvalue weighted by atomic mass is 32.2. The van der Waals surface area contributed by atoms with Crippen LogP contribution in [0.3, 0.4) is 0 Å². The smallest absolute Gasteiger partial charge is 0.192 e. The molecule has 0 aliphatic carbocycles. The van der Waals surface area contributed by atoms with Gasteiger partial charge in [0.1, 0.15) is 0 Å². The van der Waals surface area contributed by atoms with Crippen molar-refractivity contribution in [1.82, 2.24) is 0 Å². The molecule has 0 heterocycles. The summed E-state index contributed by atoms with van der Waals surface area (Å²) in [5, 5.41) is 9.97. The van der Waals surface area contributed by atoms with E-state index in [0.29, 0.717) is 5.75 Å². The van der Waals surface area contributed by atoms with E-state index in [1.165, 1.54) is 11.8 Å². The van der Waals surface area contributed by atoms with Crippen LogP contribution in [-0.2, 0) is 10.5 Å². The highest BCUT2D eigenvalue weighted by Gasteiger charge is 2.13. The zero-order valence-electron chi connectivity index (χ0n) is 10.5. The average molecular weight is 272 g/mol. The molecule has 0 fully saturated rings. The Morgan fingerprint density at radius 2 is 1.58 bits per heavy atom. The van der Waals surface area contributed by atoms with E-state index in [0.717, 1.165) is 11.1 Å². The van der Waals surface area contributed by atoms with Crippen molar-refractivity contribution >= 4 is 16.9 Å². The zero-order valence-corrected chi connectivity index (χ0v) is 11.3. The summed E-state index contributed by atoms with van der Waals surface area (Å²) in [5.41, 5.74) is 1.91. The molecule has 0 aromatic heterocycles. The molecule has 3 heteroatoms. The second-order valence-electron chi connectivity index (χ2n) is 4.28. The first-order valence-corrected chi connectivity index (χ1v) is 7.17. The highest BCUT2D eigenvalue weighted by molar-refractivity contribution is 8.12. The van der Waals surface area contributed by atoms with Crippen LogP contribution in [0.15, 0.2) is 60.7 Å². The van der Waals surface area contributed by atoms with Crippen molar-refractivity contribution in [2.24, 2.45) is 0 Å². The molecule has 19 heavy (non-hydrogen) atoms. The van der Waals surface area contributed by atoms with Crippen molar-refractivity contribution in [1.29, 1.82) is 0 Å². The third-order valence-electron chi connectivity index (χ3n) is 2.79. The van der Waals surface area contributed by atoms with Crippen LogP contribution >= 0.6 is 11.8 Å². The Balaban J connectivity index is 1.82. The van der Waals surface area contributed by atoms with E-state index < -0.39 is 6.10 Å². The van der Waals surface area contributed by atoms with Gasteiger partial charge in [-0.15, -0.1) is 0 Å². The number of thioether (sulfide) groups is 1. The average Bonchev–Trinajstić information content (AvgIpc) is 2.47. The zero-order chi connectivity index (χ0) is 13.5. The lowest BCUT2D eigenvalue weighted by Crippen LogP contribution is -2.03. The molecule has 2 rings (SSSR count). The summed E-state index contributed by atoms with van der Waals surface area (Å²) in [6.07, 6.45) is -0.557. The van der Waals surface area contributed by atoms with E-state index in [9.17, 15) is 9.90 Å². The van der Waals surface area contributed by atoms with Crippen LogP contribution in [-0.4, -0.2) is 10.2 Å². The van der Waals surface area contributed by atoms with Gasteiger partial charge in [0, 0.05) is 12.2 Å². The van der Waals surface area contributed by atoms with Crippen LogP contribution in [0.5, 0.6) is 0 Å². The lowest BCUT2D eigenvalue weighted by Gasteiger charge is -2.09. The normalized spacial score (nSPS) is 12.1. The van der Waals surface area contributed by atoms with Crippen LogP contribution in [0.1, 0.15) is 23.7 Å². The maximum atomic E-state index is 11.8. The fourth-order valence-corrected chi connectivity index (χ4v) is 2.54. The lowest BCUT2D eigenvalue weighted by atomic mass is 10.1. The van der Waals surface area contributed by atoms with Crippen LogP contribution < -0.4 is 0 Å². The molecule has 0 amide bonds. The Morgan fingerprint density at radius 1 is 1.00 bits per heavy atom. The molecule has 0 aliphatic heterocycles. The number of rotatable bonds is 5. The third kappa shape index (κ3) is 4.54. The Morgan fingerprint density at radius 3 is 2.21 bits per heavy atom. The van der Waals surface area contributed by atoms with E-state index in [1.807, 2.05) is 60.7 Å². The fourth-order valence-electron chi connectivity index (χ4n) is 1.75. The lowest BCUT2D eigenvalue weighted by molar-refractivity contribution is -0.112. The molecular weight excluding hydrogens is 256 g/mol. The Kier molecular flexibility index (Phi) is 5.19. The molecule has 0 bridgehead atoms. The second kappa shape index (κ2) is 7.12. The number of hydrogen-bond donors (Lipinski definition) is 1. The molecule has 0 saturated carbocycles. The predicted molar refractivity (Wildman–Crippen MR) is 78.8 cm³/mol. The number of hydrogen-bond acceptors (Lipinski definition) is 3. The van der Waals surface area contributed by atoms with Gasteiger partial charge in [0.2, 0.25) is 0 Å². The van der Waals surface area contributed by atoms with Crippen molar-refractivity contribution in [3.8, 4) is 0 Å². The van der Waals surface area contributed by atoms with E-state index in [2.05, 4.69) is 0 Å². The number of aliphatic hydroxyl groups is 1. The predicted octanol–water partition coefficient (Wildman–Crippen LogP) is 3.57. The molecule has 98 valence electrons. The minimum Gasteiger partial charge on any atom is -0.388 e. The summed E-state index contributed by atoms with van der Waals surface area (Å²) < 4.78 is 0. The van der Waals surface area contributed by atoms with Crippen molar-refractivity contribution in [2.75, 3.05) is 0 Å². The van der Waals surface area contributed by atoms with Gasteiger partial charge in [0.25, 0.3) is 0 Å². The van der Waals surface area contributed by atoms with E-state index in [4.69, 9.17) is 0 Å². The molecule has 1 N–H and O–H groups in total. The van der Waals surface area contributed by atoms with Gasteiger partial charge < -0.3 is 5.11 Å². The molecule has 0 saturated heterocycles. The second-order valence-corrected chi connectivity index (χ2v) is 5.31. The van der Waals surface area contributed by atoms with E-state index in [1.54, 1.807) is 0 Å². The van der Waals surface area contributed by atoms with Gasteiger partial charge in [-0.1, -0.05) is 72.4 Å². The summed E-state index contributed by atoms with van der Waals surface area (Å²) in [6.45, 7) is 0. The maximum absolute atomic E-state index is 11.8. The first-order chi connectivity index (χ1) is 9.25. The first kappa shape index (κ1) is 13.8. The van der Waals surface area contributed by atoms with Gasteiger partial charge >= 0.3 is 0 Å². The van der Waals surface area contributed by atoms with Gasteiger partial charge in [-0.2, -0.15) is 0 Å². The largest absolute Gasteiger partial charge is 0.388 e. The Hall–Kier alpha value is -1.58. The van der Waals surface area contributed by atoms with Crippen LogP contribution in [0.25, 0.3) is 0 Å². The standard InChI is InChI=1S/C16H16O2S/c17-15(14-9-5-2-6-10-14)11-16(18)19-12-13-7-3-1-4-8-13/h1-10,15,17H,11-12H2. The van der Waals surface area contributed by atoms with Crippen LogP contribution in [0.4, 0.5) is 0 Å². The van der Waals surface area contributed by atoms with Crippen molar-refractivity contribution in [3.05, 3.63) is 71.8 Å². The minimum atomic E-state index is -0.711. The maximum Gasteiger partial charge on any atom is 0.192 e. The molecule has 1 unspecified atom stereocenters. The summed E-state index contributed by atoms with van der Waals surface area (Å²) >= 11 is 1.25.